The summed E-state index contributed by atoms with van der Waals surface area (Å²) in [5.41, 5.74) is 6.53. The lowest BCUT2D eigenvalue weighted by molar-refractivity contribution is -0.139. The van der Waals surface area contributed by atoms with Crippen molar-refractivity contribution < 1.29 is 19.5 Å². The second kappa shape index (κ2) is 9.21. The highest BCUT2D eigenvalue weighted by Crippen LogP contribution is 2.33. The van der Waals surface area contributed by atoms with E-state index in [0.717, 1.165) is 6.42 Å². The van der Waals surface area contributed by atoms with Gasteiger partial charge in [-0.2, -0.15) is 0 Å². The molecule has 1 fully saturated rings. The Morgan fingerprint density at radius 3 is 2.43 bits per heavy atom. The number of rotatable bonds is 8. The Labute approximate surface area is 172 Å². The molecule has 10 heteroatoms. The van der Waals surface area contributed by atoms with E-state index < -0.39 is 23.7 Å². The number of amidine groups is 1. The van der Waals surface area contributed by atoms with Gasteiger partial charge in [0.2, 0.25) is 11.8 Å². The summed E-state index contributed by atoms with van der Waals surface area (Å²) in [7, 11) is 0. The normalized spacial score (nSPS) is 19.1. The lowest BCUT2D eigenvalue weighted by Crippen LogP contribution is -2.40. The SMILES string of the molecule is N=C(N)c1ccc(NC(=O)C2CCCC2C(=O)NCC(C(=O)O)c2ncc[nH]2)cc1. The number of nitrogen functional groups attached to an aromatic ring is 1. The van der Waals surface area contributed by atoms with Crippen molar-refractivity contribution in [3.8, 4) is 0 Å². The van der Waals surface area contributed by atoms with Crippen LogP contribution in [0.5, 0.6) is 0 Å². The van der Waals surface area contributed by atoms with Gasteiger partial charge in [0.15, 0.2) is 0 Å². The van der Waals surface area contributed by atoms with Gasteiger partial charge in [-0.15, -0.1) is 0 Å². The topological polar surface area (TPSA) is 174 Å². The first kappa shape index (κ1) is 21.0. The number of benzene rings is 1. The number of hydrogen-bond acceptors (Lipinski definition) is 5. The Hall–Kier alpha value is -3.69. The van der Waals surface area contributed by atoms with E-state index in [9.17, 15) is 19.5 Å². The van der Waals surface area contributed by atoms with E-state index in [4.69, 9.17) is 11.1 Å². The van der Waals surface area contributed by atoms with E-state index in [2.05, 4.69) is 20.6 Å². The summed E-state index contributed by atoms with van der Waals surface area (Å²) in [6.45, 7) is -0.112. The number of amides is 2. The van der Waals surface area contributed by atoms with Crippen LogP contribution in [-0.2, 0) is 14.4 Å². The highest BCUT2D eigenvalue weighted by Gasteiger charge is 2.38. The molecule has 2 amide bonds. The van der Waals surface area contributed by atoms with Crippen LogP contribution in [0.15, 0.2) is 36.7 Å². The molecule has 1 aliphatic rings. The third kappa shape index (κ3) is 4.83. The van der Waals surface area contributed by atoms with Crippen molar-refractivity contribution in [1.82, 2.24) is 15.3 Å². The lowest BCUT2D eigenvalue weighted by Gasteiger charge is -2.20. The molecule has 1 heterocycles. The molecule has 1 aromatic carbocycles. The molecule has 0 saturated heterocycles. The van der Waals surface area contributed by atoms with Gasteiger partial charge in [0.25, 0.3) is 0 Å². The van der Waals surface area contributed by atoms with Gasteiger partial charge in [0.1, 0.15) is 17.6 Å². The van der Waals surface area contributed by atoms with E-state index in [1.807, 2.05) is 0 Å². The highest BCUT2D eigenvalue weighted by atomic mass is 16.4. The van der Waals surface area contributed by atoms with Crippen LogP contribution in [0.2, 0.25) is 0 Å². The number of aromatic amines is 1. The zero-order chi connectivity index (χ0) is 21.7. The molecule has 10 nitrogen and oxygen atoms in total. The van der Waals surface area contributed by atoms with Crippen molar-refractivity contribution in [2.24, 2.45) is 17.6 Å². The highest BCUT2D eigenvalue weighted by molar-refractivity contribution is 5.98. The zero-order valence-corrected chi connectivity index (χ0v) is 16.2. The number of carbonyl (C=O) groups is 3. The van der Waals surface area contributed by atoms with Crippen LogP contribution >= 0.6 is 0 Å². The van der Waals surface area contributed by atoms with Crippen molar-refractivity contribution in [2.75, 3.05) is 11.9 Å². The summed E-state index contributed by atoms with van der Waals surface area (Å²) < 4.78 is 0. The van der Waals surface area contributed by atoms with Crippen LogP contribution in [0.25, 0.3) is 0 Å². The van der Waals surface area contributed by atoms with E-state index in [1.165, 1.54) is 12.4 Å². The van der Waals surface area contributed by atoms with Gasteiger partial charge >= 0.3 is 5.97 Å². The number of aromatic nitrogens is 2. The molecular formula is C20H24N6O4. The second-order valence-electron chi connectivity index (χ2n) is 7.23. The van der Waals surface area contributed by atoms with Crippen molar-refractivity contribution in [3.63, 3.8) is 0 Å². The Morgan fingerprint density at radius 2 is 1.87 bits per heavy atom. The number of hydrogen-bond donors (Lipinski definition) is 6. The number of H-pyrrole nitrogens is 1. The first-order valence-electron chi connectivity index (χ1n) is 9.62. The predicted octanol–water partition coefficient (Wildman–Crippen LogP) is 1.03. The molecule has 158 valence electrons. The summed E-state index contributed by atoms with van der Waals surface area (Å²) in [5.74, 6) is -3.50. The third-order valence-electron chi connectivity index (χ3n) is 5.28. The largest absolute Gasteiger partial charge is 0.481 e. The summed E-state index contributed by atoms with van der Waals surface area (Å²) >= 11 is 0. The maximum absolute atomic E-state index is 12.7. The first-order valence-corrected chi connectivity index (χ1v) is 9.62. The first-order chi connectivity index (χ1) is 14.4. The van der Waals surface area contributed by atoms with Crippen LogP contribution in [0.4, 0.5) is 5.69 Å². The molecule has 3 atom stereocenters. The molecule has 1 aliphatic carbocycles. The van der Waals surface area contributed by atoms with E-state index >= 15 is 0 Å². The Kier molecular flexibility index (Phi) is 6.45. The zero-order valence-electron chi connectivity index (χ0n) is 16.2. The number of nitrogens with two attached hydrogens (primary N) is 1. The molecule has 0 radical (unpaired) electrons. The number of carboxylic acids is 1. The fraction of sp³-hybridized carbons (Fsp3) is 0.350. The third-order valence-corrected chi connectivity index (χ3v) is 5.28. The number of carboxylic acid groups (broad SMARTS) is 1. The van der Waals surface area contributed by atoms with Gasteiger partial charge in [-0.3, -0.25) is 19.8 Å². The fourth-order valence-electron chi connectivity index (χ4n) is 3.66. The molecular weight excluding hydrogens is 388 g/mol. The number of imidazole rings is 1. The van der Waals surface area contributed by atoms with Gasteiger partial charge in [0, 0.05) is 42.0 Å². The molecule has 0 spiro atoms. The van der Waals surface area contributed by atoms with Crippen LogP contribution in [0.3, 0.4) is 0 Å². The number of nitrogens with zero attached hydrogens (tertiary/aromatic N) is 1. The standard InChI is InChI=1S/C20H24N6O4/c21-16(22)11-4-6-12(7-5-11)26-19(28)14-3-1-2-13(14)18(27)25-10-15(20(29)30)17-23-8-9-24-17/h4-9,13-15H,1-3,10H2,(H3,21,22)(H,23,24)(H,25,27)(H,26,28)(H,29,30). The Bertz CT molecular complexity index is 925. The predicted molar refractivity (Wildman–Crippen MR) is 109 cm³/mol. The van der Waals surface area contributed by atoms with Gasteiger partial charge in [-0.05, 0) is 37.1 Å². The number of nitrogens with one attached hydrogen (secondary N) is 4. The van der Waals surface area contributed by atoms with E-state index in [1.54, 1.807) is 24.3 Å². The number of carbonyl (C=O) groups excluding carboxylic acids is 2. The summed E-state index contributed by atoms with van der Waals surface area (Å²) in [5, 5.41) is 22.3. The summed E-state index contributed by atoms with van der Waals surface area (Å²) in [6, 6.07) is 6.58. The number of anilines is 1. The number of aliphatic carboxylic acids is 1. The fourth-order valence-corrected chi connectivity index (χ4v) is 3.66. The minimum Gasteiger partial charge on any atom is -0.481 e. The van der Waals surface area contributed by atoms with Crippen molar-refractivity contribution in [3.05, 3.63) is 48.0 Å². The van der Waals surface area contributed by atoms with E-state index in [0.29, 0.717) is 24.1 Å². The molecule has 7 N–H and O–H groups in total. The average molecular weight is 412 g/mol. The molecule has 2 aromatic rings. The molecule has 1 saturated carbocycles. The van der Waals surface area contributed by atoms with Crippen LogP contribution < -0.4 is 16.4 Å². The van der Waals surface area contributed by atoms with E-state index in [-0.39, 0.29) is 30.0 Å². The Balaban J connectivity index is 1.60. The molecule has 0 aliphatic heterocycles. The maximum atomic E-state index is 12.7. The van der Waals surface area contributed by atoms with Crippen LogP contribution in [0, 0.1) is 17.2 Å². The van der Waals surface area contributed by atoms with Gasteiger partial charge < -0.3 is 26.5 Å². The maximum Gasteiger partial charge on any atom is 0.316 e. The Morgan fingerprint density at radius 1 is 1.20 bits per heavy atom. The summed E-state index contributed by atoms with van der Waals surface area (Å²) in [6.07, 6.45) is 4.85. The smallest absolute Gasteiger partial charge is 0.316 e. The van der Waals surface area contributed by atoms with Gasteiger partial charge in [0.05, 0.1) is 0 Å². The molecule has 3 rings (SSSR count). The van der Waals surface area contributed by atoms with Gasteiger partial charge in [-0.1, -0.05) is 6.42 Å². The van der Waals surface area contributed by atoms with Crippen molar-refractivity contribution >= 4 is 29.3 Å². The minimum absolute atomic E-state index is 0.0605. The second-order valence-corrected chi connectivity index (χ2v) is 7.23. The average Bonchev–Trinajstić information content (AvgIpc) is 3.40. The lowest BCUT2D eigenvalue weighted by atomic mass is 9.94. The quantitative estimate of drug-likeness (QED) is 0.279. The molecule has 0 bridgehead atoms. The van der Waals surface area contributed by atoms with Crippen molar-refractivity contribution in [1.29, 1.82) is 5.41 Å². The van der Waals surface area contributed by atoms with Crippen LogP contribution in [-0.4, -0.2) is 45.2 Å². The van der Waals surface area contributed by atoms with Crippen molar-refractivity contribution in [2.45, 2.75) is 25.2 Å². The molecule has 30 heavy (non-hydrogen) atoms. The minimum atomic E-state index is -1.10. The molecule has 3 unspecified atom stereocenters. The van der Waals surface area contributed by atoms with Crippen LogP contribution in [0.1, 0.15) is 36.6 Å². The van der Waals surface area contributed by atoms with Gasteiger partial charge in [-0.25, -0.2) is 4.98 Å². The summed E-state index contributed by atoms with van der Waals surface area (Å²) in [4.78, 5) is 43.6. The molecule has 1 aromatic heterocycles. The monoisotopic (exact) mass is 412 g/mol.